The molecule has 0 radical (unpaired) electrons. The van der Waals surface area contributed by atoms with Crippen LogP contribution in [0.1, 0.15) is 20.8 Å². The van der Waals surface area contributed by atoms with Crippen molar-refractivity contribution in [1.82, 2.24) is 0 Å². The molecular weight excluding hydrogens is 228 g/mol. The predicted molar refractivity (Wildman–Crippen MR) is 73.2 cm³/mol. The van der Waals surface area contributed by atoms with E-state index in [2.05, 4.69) is 45.0 Å². The van der Waals surface area contributed by atoms with Crippen LogP contribution in [0.3, 0.4) is 0 Å². The Morgan fingerprint density at radius 1 is 1.00 bits per heavy atom. The van der Waals surface area contributed by atoms with Gasteiger partial charge in [-0.1, -0.05) is 56.3 Å². The first-order valence-corrected chi connectivity index (χ1v) is 8.70. The van der Waals surface area contributed by atoms with Gasteiger partial charge >= 0.3 is 0 Å². The third-order valence-corrected chi connectivity index (χ3v) is 10.9. The maximum Gasteiger partial charge on any atom is 0.0972 e. The van der Waals surface area contributed by atoms with Crippen LogP contribution in [0, 0.1) is 0 Å². The van der Waals surface area contributed by atoms with Crippen molar-refractivity contribution in [3.8, 4) is 0 Å². The van der Waals surface area contributed by atoms with Crippen LogP contribution in [0.5, 0.6) is 0 Å². The van der Waals surface area contributed by atoms with Crippen LogP contribution in [-0.2, 0) is 0 Å². The van der Waals surface area contributed by atoms with Crippen LogP contribution in [0.25, 0.3) is 0 Å². The maximum absolute atomic E-state index is 9.94. The minimum atomic E-state index is -1.84. The van der Waals surface area contributed by atoms with E-state index in [9.17, 15) is 10.2 Å². The summed E-state index contributed by atoms with van der Waals surface area (Å²) in [5.41, 5.74) is 0. The molecule has 17 heavy (non-hydrogen) atoms. The second-order valence-electron chi connectivity index (χ2n) is 6.24. The smallest absolute Gasteiger partial charge is 0.0972 e. The van der Waals surface area contributed by atoms with Gasteiger partial charge in [0.2, 0.25) is 0 Å². The monoisotopic (exact) mass is 250 g/mol. The average molecular weight is 250 g/mol. The molecule has 1 fully saturated rings. The number of aliphatic hydroxyl groups excluding tert-OH is 2. The molecule has 3 atom stereocenters. The van der Waals surface area contributed by atoms with E-state index in [0.29, 0.717) is 0 Å². The Morgan fingerprint density at radius 2 is 1.47 bits per heavy atom. The van der Waals surface area contributed by atoms with Crippen molar-refractivity contribution >= 4 is 13.3 Å². The molecule has 1 heterocycles. The summed E-state index contributed by atoms with van der Waals surface area (Å²) in [6, 6.07) is 12.0. The van der Waals surface area contributed by atoms with Gasteiger partial charge in [0.15, 0.2) is 0 Å². The Morgan fingerprint density at radius 3 is 1.88 bits per heavy atom. The minimum absolute atomic E-state index is 0.160. The van der Waals surface area contributed by atoms with E-state index in [1.165, 1.54) is 5.19 Å². The molecule has 0 aliphatic carbocycles. The van der Waals surface area contributed by atoms with Crippen molar-refractivity contribution in [2.75, 3.05) is 0 Å². The Kier molecular flexibility index (Phi) is 3.19. The molecule has 0 spiro atoms. The van der Waals surface area contributed by atoms with Gasteiger partial charge in [-0.25, -0.2) is 0 Å². The lowest BCUT2D eigenvalue weighted by Gasteiger charge is -2.40. The summed E-state index contributed by atoms with van der Waals surface area (Å²) in [5, 5.41) is 21.4. The second-order valence-corrected chi connectivity index (χ2v) is 11.3. The van der Waals surface area contributed by atoms with Crippen LogP contribution >= 0.6 is 0 Å². The van der Waals surface area contributed by atoms with Crippen molar-refractivity contribution in [1.29, 1.82) is 0 Å². The lowest BCUT2D eigenvalue weighted by atomic mass is 10.2. The normalized spacial score (nSPS) is 33.9. The standard InChI is InChI=1S/C14H22O2Si/c1-14(2,3)17(9-12(15)13(16)10-17)11-7-5-4-6-8-11/h4-8,12-13,15-16H,9-10H2,1-3H3/t12-,13+,17?. The fraction of sp³-hybridized carbons (Fsp3) is 0.571. The lowest BCUT2D eigenvalue weighted by Crippen LogP contribution is -2.53. The summed E-state index contributed by atoms with van der Waals surface area (Å²) in [6.07, 6.45) is -1.08. The van der Waals surface area contributed by atoms with Crippen molar-refractivity contribution in [3.63, 3.8) is 0 Å². The van der Waals surface area contributed by atoms with Gasteiger partial charge in [0.25, 0.3) is 0 Å². The van der Waals surface area contributed by atoms with E-state index in [1.54, 1.807) is 0 Å². The average Bonchev–Trinajstić information content (AvgIpc) is 2.57. The van der Waals surface area contributed by atoms with Crippen molar-refractivity contribution < 1.29 is 10.2 Å². The summed E-state index contributed by atoms with van der Waals surface area (Å²) in [5.74, 6) is 0. The Hall–Kier alpha value is -0.643. The molecule has 1 unspecified atom stereocenters. The number of hydrogen-bond donors (Lipinski definition) is 2. The van der Waals surface area contributed by atoms with Crippen LogP contribution in [0.15, 0.2) is 30.3 Å². The first kappa shape index (κ1) is 12.8. The van der Waals surface area contributed by atoms with Crippen LogP contribution < -0.4 is 5.19 Å². The zero-order chi connectivity index (χ0) is 12.7. The van der Waals surface area contributed by atoms with Gasteiger partial charge in [0.05, 0.1) is 20.3 Å². The van der Waals surface area contributed by atoms with Gasteiger partial charge in [-0.05, 0) is 17.1 Å². The molecule has 94 valence electrons. The Balaban J connectivity index is 2.47. The number of benzene rings is 1. The molecule has 0 aromatic heterocycles. The highest BCUT2D eigenvalue weighted by atomic mass is 28.3. The summed E-state index contributed by atoms with van der Waals surface area (Å²) in [4.78, 5) is 0. The van der Waals surface area contributed by atoms with E-state index in [0.717, 1.165) is 12.1 Å². The van der Waals surface area contributed by atoms with E-state index >= 15 is 0 Å². The maximum atomic E-state index is 9.94. The van der Waals surface area contributed by atoms with Gasteiger partial charge in [-0.15, -0.1) is 0 Å². The highest BCUT2D eigenvalue weighted by Gasteiger charge is 2.53. The van der Waals surface area contributed by atoms with Gasteiger partial charge in [0.1, 0.15) is 0 Å². The minimum Gasteiger partial charge on any atom is -0.391 e. The summed E-state index contributed by atoms with van der Waals surface area (Å²) < 4.78 is 0. The van der Waals surface area contributed by atoms with Gasteiger partial charge < -0.3 is 10.2 Å². The molecule has 1 aliphatic rings. The van der Waals surface area contributed by atoms with Crippen molar-refractivity contribution in [3.05, 3.63) is 30.3 Å². The van der Waals surface area contributed by atoms with E-state index in [-0.39, 0.29) is 5.04 Å². The van der Waals surface area contributed by atoms with Crippen LogP contribution in [-0.4, -0.2) is 30.5 Å². The molecule has 0 amide bonds. The fourth-order valence-corrected chi connectivity index (χ4v) is 8.64. The lowest BCUT2D eigenvalue weighted by molar-refractivity contribution is 0.0542. The summed E-state index contributed by atoms with van der Waals surface area (Å²) >= 11 is 0. The van der Waals surface area contributed by atoms with Gasteiger partial charge in [-0.3, -0.25) is 0 Å². The molecule has 1 saturated heterocycles. The molecule has 2 N–H and O–H groups in total. The molecule has 1 aromatic carbocycles. The van der Waals surface area contributed by atoms with Gasteiger partial charge in [0, 0.05) is 0 Å². The van der Waals surface area contributed by atoms with Gasteiger partial charge in [-0.2, -0.15) is 0 Å². The largest absolute Gasteiger partial charge is 0.391 e. The topological polar surface area (TPSA) is 40.5 Å². The molecular formula is C14H22O2Si. The van der Waals surface area contributed by atoms with E-state index in [1.807, 2.05) is 6.07 Å². The zero-order valence-corrected chi connectivity index (χ0v) is 11.9. The zero-order valence-electron chi connectivity index (χ0n) is 10.9. The molecule has 1 aliphatic heterocycles. The van der Waals surface area contributed by atoms with Crippen LogP contribution in [0.4, 0.5) is 0 Å². The highest BCUT2D eigenvalue weighted by molar-refractivity contribution is 6.95. The first-order valence-electron chi connectivity index (χ1n) is 6.28. The summed E-state index contributed by atoms with van der Waals surface area (Å²) in [6.45, 7) is 6.74. The number of rotatable bonds is 1. The molecule has 0 saturated carbocycles. The van der Waals surface area contributed by atoms with E-state index in [4.69, 9.17) is 0 Å². The molecule has 2 rings (SSSR count). The van der Waals surface area contributed by atoms with Crippen LogP contribution in [0.2, 0.25) is 17.1 Å². The fourth-order valence-electron chi connectivity index (χ4n) is 3.11. The number of aliphatic hydroxyl groups is 2. The first-order chi connectivity index (χ1) is 7.87. The van der Waals surface area contributed by atoms with E-state index < -0.39 is 20.3 Å². The second kappa shape index (κ2) is 4.23. The quantitative estimate of drug-likeness (QED) is 0.747. The predicted octanol–water partition coefficient (Wildman–Crippen LogP) is 1.88. The van der Waals surface area contributed by atoms with Crippen molar-refractivity contribution in [2.24, 2.45) is 0 Å². The Labute approximate surface area is 104 Å². The molecule has 2 nitrogen and oxygen atoms in total. The van der Waals surface area contributed by atoms with Crippen molar-refractivity contribution in [2.45, 2.75) is 50.1 Å². The SMILES string of the molecule is CC(C)(C)[Si]1(c2ccccc2)C[C@@H](O)[C@@H](O)C1. The Bertz CT molecular complexity index is 373. The third kappa shape index (κ3) is 2.07. The molecule has 0 bridgehead atoms. The molecule has 3 heteroatoms. The third-order valence-electron chi connectivity index (χ3n) is 4.32. The highest BCUT2D eigenvalue weighted by Crippen LogP contribution is 2.47. The molecule has 1 aromatic rings. The number of hydrogen-bond acceptors (Lipinski definition) is 2. The summed E-state index contributed by atoms with van der Waals surface area (Å²) in [7, 11) is -1.84.